The Labute approximate surface area is 105 Å². The van der Waals surface area contributed by atoms with E-state index in [9.17, 15) is 0 Å². The fourth-order valence-corrected chi connectivity index (χ4v) is 1.70. The zero-order chi connectivity index (χ0) is 12.8. The molecule has 1 aliphatic heterocycles. The van der Waals surface area contributed by atoms with Crippen molar-refractivity contribution in [1.82, 2.24) is 15.0 Å². The van der Waals surface area contributed by atoms with Gasteiger partial charge in [-0.3, -0.25) is 4.98 Å². The van der Waals surface area contributed by atoms with Gasteiger partial charge in [0.2, 0.25) is 0 Å². The van der Waals surface area contributed by atoms with Gasteiger partial charge < -0.3 is 15.4 Å². The van der Waals surface area contributed by atoms with E-state index in [0.29, 0.717) is 0 Å². The standard InChI is InChI=1S/C11H10N4.BH2O2/c1-4-12-5-2-8(1)10-14-7-9-3-6-13-11(9)15-10;2-1-3/h1-2,4-5,7H,3,6H2,(H,13,14,15);2-3H. The fraction of sp³-hybridized carbons (Fsp3) is 0.182. The molecule has 3 N–H and O–H groups in total. The molecular weight excluding hydrogens is 231 g/mol. The van der Waals surface area contributed by atoms with E-state index < -0.39 is 0 Å². The molecule has 91 valence electrons. The average Bonchev–Trinajstić information content (AvgIpc) is 2.88. The molecule has 0 aromatic carbocycles. The molecule has 0 fully saturated rings. The fourth-order valence-electron chi connectivity index (χ4n) is 1.70. The monoisotopic (exact) mass is 243 g/mol. The van der Waals surface area contributed by atoms with Crippen LogP contribution in [0.4, 0.5) is 5.82 Å². The number of pyridine rings is 1. The van der Waals surface area contributed by atoms with Gasteiger partial charge in [-0.1, -0.05) is 0 Å². The van der Waals surface area contributed by atoms with Crippen LogP contribution in [0.15, 0.2) is 30.7 Å². The van der Waals surface area contributed by atoms with E-state index in [-0.39, 0.29) is 7.69 Å². The number of nitrogens with zero attached hydrogens (tertiary/aromatic N) is 3. The molecule has 7 heteroatoms. The summed E-state index contributed by atoms with van der Waals surface area (Å²) in [5.74, 6) is 1.72. The smallest absolute Gasteiger partial charge is 0.429 e. The molecule has 0 saturated carbocycles. The average molecular weight is 243 g/mol. The Morgan fingerprint density at radius 1 is 1.22 bits per heavy atom. The predicted octanol–water partition coefficient (Wildman–Crippen LogP) is 0.0118. The van der Waals surface area contributed by atoms with Gasteiger partial charge in [-0.25, -0.2) is 9.97 Å². The van der Waals surface area contributed by atoms with Gasteiger partial charge in [0, 0.05) is 36.3 Å². The van der Waals surface area contributed by atoms with Crippen molar-refractivity contribution in [2.45, 2.75) is 6.42 Å². The van der Waals surface area contributed by atoms with E-state index in [1.807, 2.05) is 18.3 Å². The lowest BCUT2D eigenvalue weighted by atomic mass is 10.2. The lowest BCUT2D eigenvalue weighted by molar-refractivity contribution is 0.448. The highest BCUT2D eigenvalue weighted by Gasteiger charge is 2.12. The van der Waals surface area contributed by atoms with Crippen molar-refractivity contribution < 1.29 is 10.0 Å². The van der Waals surface area contributed by atoms with Crippen LogP contribution in [0, 0.1) is 0 Å². The summed E-state index contributed by atoms with van der Waals surface area (Å²) in [6.45, 7) is 0.962. The molecule has 18 heavy (non-hydrogen) atoms. The van der Waals surface area contributed by atoms with Crippen LogP contribution in [0.1, 0.15) is 5.56 Å². The van der Waals surface area contributed by atoms with Gasteiger partial charge in [0.25, 0.3) is 0 Å². The maximum absolute atomic E-state index is 7.00. The number of nitrogens with one attached hydrogen (secondary N) is 1. The molecule has 3 rings (SSSR count). The summed E-state index contributed by atoms with van der Waals surface area (Å²) in [6, 6.07) is 3.83. The summed E-state index contributed by atoms with van der Waals surface area (Å²) in [4.78, 5) is 12.8. The van der Waals surface area contributed by atoms with E-state index in [2.05, 4.69) is 20.3 Å². The summed E-state index contributed by atoms with van der Waals surface area (Å²) in [6.07, 6.45) is 6.42. The van der Waals surface area contributed by atoms with Crippen LogP contribution in [0.3, 0.4) is 0 Å². The van der Waals surface area contributed by atoms with Crippen LogP contribution in [-0.4, -0.2) is 39.2 Å². The Kier molecular flexibility index (Phi) is 4.22. The van der Waals surface area contributed by atoms with Gasteiger partial charge in [0.15, 0.2) is 5.82 Å². The highest BCUT2D eigenvalue weighted by atomic mass is 16.4. The number of fused-ring (bicyclic) bond motifs is 1. The second-order valence-corrected chi connectivity index (χ2v) is 3.60. The van der Waals surface area contributed by atoms with Crippen molar-refractivity contribution in [1.29, 1.82) is 0 Å². The first-order valence-electron chi connectivity index (χ1n) is 5.45. The third kappa shape index (κ3) is 2.82. The molecule has 2 aromatic heterocycles. The molecule has 2 aromatic rings. The molecule has 0 saturated heterocycles. The van der Waals surface area contributed by atoms with Crippen molar-refractivity contribution in [2.75, 3.05) is 11.9 Å². The van der Waals surface area contributed by atoms with Crippen molar-refractivity contribution in [3.8, 4) is 11.4 Å². The Hall–Kier alpha value is -1.99. The molecule has 0 atom stereocenters. The molecule has 6 nitrogen and oxygen atoms in total. The summed E-state index contributed by atoms with van der Waals surface area (Å²) >= 11 is 0. The number of aromatic nitrogens is 3. The first-order valence-corrected chi connectivity index (χ1v) is 5.45. The van der Waals surface area contributed by atoms with Gasteiger partial charge >= 0.3 is 7.69 Å². The predicted molar refractivity (Wildman–Crippen MR) is 67.6 cm³/mol. The van der Waals surface area contributed by atoms with Crippen molar-refractivity contribution in [3.63, 3.8) is 0 Å². The zero-order valence-electron chi connectivity index (χ0n) is 9.61. The van der Waals surface area contributed by atoms with E-state index >= 15 is 0 Å². The first-order chi connectivity index (χ1) is 8.85. The molecule has 0 bridgehead atoms. The Balaban J connectivity index is 0.000000367. The normalized spacial score (nSPS) is 11.9. The first kappa shape index (κ1) is 12.5. The van der Waals surface area contributed by atoms with Gasteiger partial charge in [0.1, 0.15) is 5.82 Å². The minimum absolute atomic E-state index is 0. The van der Waals surface area contributed by atoms with E-state index in [1.54, 1.807) is 12.4 Å². The third-order valence-electron chi connectivity index (χ3n) is 2.49. The third-order valence-corrected chi connectivity index (χ3v) is 2.49. The van der Waals surface area contributed by atoms with Crippen LogP contribution in [-0.2, 0) is 6.42 Å². The van der Waals surface area contributed by atoms with Gasteiger partial charge in [-0.15, -0.1) is 0 Å². The van der Waals surface area contributed by atoms with Crippen LogP contribution in [0.25, 0.3) is 11.4 Å². The lowest BCUT2D eigenvalue weighted by Gasteiger charge is -2.02. The number of hydrogen-bond acceptors (Lipinski definition) is 6. The minimum Gasteiger partial charge on any atom is -0.429 e. The summed E-state index contributed by atoms with van der Waals surface area (Å²) < 4.78 is 0. The van der Waals surface area contributed by atoms with E-state index in [4.69, 9.17) is 10.0 Å². The van der Waals surface area contributed by atoms with Crippen LogP contribution in [0.2, 0.25) is 0 Å². The largest absolute Gasteiger partial charge is 0.482 e. The maximum Gasteiger partial charge on any atom is 0.482 e. The summed E-state index contributed by atoms with van der Waals surface area (Å²) in [7, 11) is 0. The van der Waals surface area contributed by atoms with Crippen LogP contribution < -0.4 is 5.32 Å². The van der Waals surface area contributed by atoms with Crippen molar-refractivity contribution >= 4 is 13.5 Å². The highest BCUT2D eigenvalue weighted by Crippen LogP contribution is 2.22. The lowest BCUT2D eigenvalue weighted by Crippen LogP contribution is -1.95. The van der Waals surface area contributed by atoms with Crippen molar-refractivity contribution in [3.05, 3.63) is 36.3 Å². The Morgan fingerprint density at radius 2 is 1.94 bits per heavy atom. The van der Waals surface area contributed by atoms with E-state index in [1.165, 1.54) is 5.56 Å². The van der Waals surface area contributed by atoms with Crippen molar-refractivity contribution in [2.24, 2.45) is 0 Å². The van der Waals surface area contributed by atoms with Crippen LogP contribution >= 0.6 is 0 Å². The van der Waals surface area contributed by atoms with Crippen LogP contribution in [0.5, 0.6) is 0 Å². The highest BCUT2D eigenvalue weighted by molar-refractivity contribution is 6.13. The molecule has 0 spiro atoms. The number of rotatable bonds is 1. The molecule has 1 radical (unpaired) electrons. The molecule has 0 aliphatic carbocycles. The Morgan fingerprint density at radius 3 is 2.67 bits per heavy atom. The SMILES string of the molecule is O[B]O.c1cc(-c2ncc3c(n2)NCC3)ccn1. The number of hydrogen-bond donors (Lipinski definition) is 3. The topological polar surface area (TPSA) is 91.2 Å². The quantitative estimate of drug-likeness (QED) is 0.611. The second-order valence-electron chi connectivity index (χ2n) is 3.60. The van der Waals surface area contributed by atoms with Gasteiger partial charge in [-0.2, -0.15) is 0 Å². The van der Waals surface area contributed by atoms with Gasteiger partial charge in [-0.05, 0) is 18.6 Å². The summed E-state index contributed by atoms with van der Waals surface area (Å²) in [5.41, 5.74) is 2.20. The Bertz CT molecular complexity index is 510. The molecule has 0 unspecified atom stereocenters. The minimum atomic E-state index is 0. The summed E-state index contributed by atoms with van der Waals surface area (Å²) in [5, 5.41) is 17.2. The second kappa shape index (κ2) is 6.09. The molecule has 0 amide bonds. The maximum atomic E-state index is 7.00. The zero-order valence-corrected chi connectivity index (χ0v) is 9.61. The van der Waals surface area contributed by atoms with E-state index in [0.717, 1.165) is 30.2 Å². The van der Waals surface area contributed by atoms with Gasteiger partial charge in [0.05, 0.1) is 0 Å². The molecule has 1 aliphatic rings. The molecule has 3 heterocycles. The molecular formula is C11H12BN4O2. The number of anilines is 1.